The average Bonchev–Trinajstić information content (AvgIpc) is 3.44. The molecule has 0 saturated carbocycles. The molecule has 1 aliphatic heterocycles. The van der Waals surface area contributed by atoms with Gasteiger partial charge in [0.2, 0.25) is 11.4 Å². The number of rotatable bonds is 30. The van der Waals surface area contributed by atoms with E-state index in [9.17, 15) is 15.1 Å². The average molecular weight is 768 g/mol. The Kier molecular flexibility index (Phi) is 24.5. The van der Waals surface area contributed by atoms with Crippen molar-refractivity contribution in [2.24, 2.45) is 0 Å². The Balaban J connectivity index is 0.00000972. The van der Waals surface area contributed by atoms with Crippen LogP contribution in [0.1, 0.15) is 226 Å². The predicted molar refractivity (Wildman–Crippen MR) is 222 cm³/mol. The summed E-state index contributed by atoms with van der Waals surface area (Å²) in [6, 6.07) is 15.8. The van der Waals surface area contributed by atoms with E-state index >= 15 is 0 Å². The molecule has 0 radical (unpaired) electrons. The molecule has 0 amide bonds. The van der Waals surface area contributed by atoms with Gasteiger partial charge in [0.1, 0.15) is 0 Å². The second-order valence-corrected chi connectivity index (χ2v) is 15.3. The number of hydrogen-bond donors (Lipinski definition) is 0. The van der Waals surface area contributed by atoms with Crippen LogP contribution in [0.3, 0.4) is 0 Å². The maximum atomic E-state index is 13.1. The molecule has 53 heavy (non-hydrogen) atoms. The van der Waals surface area contributed by atoms with Crippen LogP contribution in [0.15, 0.2) is 59.7 Å². The number of carbonyl (C=O) groups excluding carboxylic acids is 2. The minimum atomic E-state index is 0. The molecule has 0 unspecified atom stereocenters. The Bertz CT molecular complexity index is 1310. The van der Waals surface area contributed by atoms with Crippen molar-refractivity contribution in [2.45, 2.75) is 195 Å². The molecule has 0 spiro atoms. The second kappa shape index (κ2) is 27.9. The van der Waals surface area contributed by atoms with Crippen molar-refractivity contribution in [1.29, 1.82) is 0 Å². The molecule has 0 aromatic heterocycles. The van der Waals surface area contributed by atoms with E-state index < -0.39 is 0 Å². The van der Waals surface area contributed by atoms with Crippen molar-refractivity contribution in [3.05, 3.63) is 87.5 Å². The quantitative estimate of drug-likeness (QED) is 0.0344. The third-order valence-electron chi connectivity index (χ3n) is 10.9. The number of ketones is 2. The van der Waals surface area contributed by atoms with Gasteiger partial charge in [-0.1, -0.05) is 168 Å². The van der Waals surface area contributed by atoms with E-state index in [1.165, 1.54) is 106 Å². The fraction of sp³-hybridized carbons (Fsp3) is 0.625. The molecule has 0 aliphatic carbocycles. The van der Waals surface area contributed by atoms with E-state index in [1.54, 1.807) is 0 Å². The van der Waals surface area contributed by atoms with E-state index in [-0.39, 0.29) is 28.1 Å². The van der Waals surface area contributed by atoms with Crippen molar-refractivity contribution < 1.29 is 30.8 Å². The summed E-state index contributed by atoms with van der Waals surface area (Å²) in [6.07, 6.45) is 29.6. The minimum Gasteiger partial charge on any atom is -0.493 e. The molecule has 0 fully saturated rings. The van der Waals surface area contributed by atoms with Gasteiger partial charge in [-0.3, -0.25) is 9.59 Å². The van der Waals surface area contributed by atoms with Gasteiger partial charge >= 0.3 is 0 Å². The minimum absolute atomic E-state index is 0. The van der Waals surface area contributed by atoms with Crippen molar-refractivity contribution in [2.75, 3.05) is 0 Å². The molecule has 296 valence electrons. The summed E-state index contributed by atoms with van der Waals surface area (Å²) >= 11 is 0. The zero-order valence-electron chi connectivity index (χ0n) is 34.0. The maximum Gasteiger partial charge on any atom is 0.211 e. The van der Waals surface area contributed by atoms with E-state index in [0.29, 0.717) is 12.8 Å². The number of unbranched alkanes of at least 4 members (excludes halogenated alkanes) is 18. The van der Waals surface area contributed by atoms with E-state index in [1.807, 2.05) is 48.5 Å². The van der Waals surface area contributed by atoms with Gasteiger partial charge in [0, 0.05) is 62.7 Å². The molecule has 0 saturated heterocycles. The Morgan fingerprint density at radius 2 is 0.717 bits per heavy atom. The zero-order valence-corrected chi connectivity index (χ0v) is 35.0. The smallest absolute Gasteiger partial charge is 0.211 e. The molecule has 4 nitrogen and oxygen atoms in total. The first-order valence-corrected chi connectivity index (χ1v) is 21.7. The van der Waals surface area contributed by atoms with Gasteiger partial charge in [-0.25, -0.2) is 4.70 Å². The number of allylic oxidation sites excluding steroid dienone is 2. The first-order valence-electron chi connectivity index (χ1n) is 21.7. The molecule has 2 aromatic carbocycles. The van der Waals surface area contributed by atoms with E-state index in [2.05, 4.69) is 27.7 Å². The largest absolute Gasteiger partial charge is 0.493 e. The number of Topliss-reactive ketones (excluding diaryl/α,β-unsaturated/α-hetero) is 2. The Hall–Kier alpha value is -2.65. The summed E-state index contributed by atoms with van der Waals surface area (Å²) in [7, 11) is 0. The van der Waals surface area contributed by atoms with Crippen LogP contribution in [0.4, 0.5) is 0 Å². The van der Waals surface area contributed by atoms with Gasteiger partial charge in [-0.05, 0) is 62.8 Å². The third kappa shape index (κ3) is 15.9. The summed E-state index contributed by atoms with van der Waals surface area (Å²) in [5, 5.41) is 0. The van der Waals surface area contributed by atoms with Gasteiger partial charge in [0.25, 0.3) is 0 Å². The molecule has 1 aliphatic rings. The first-order chi connectivity index (χ1) is 25.5. The molecular formula is C48H72N2NiO2. The van der Waals surface area contributed by atoms with E-state index in [4.69, 9.17) is 0 Å². The molecule has 0 N–H and O–H groups in total. The fourth-order valence-electron chi connectivity index (χ4n) is 7.60. The summed E-state index contributed by atoms with van der Waals surface area (Å²) in [6.45, 7) is 8.93. The monoisotopic (exact) mass is 766 g/mol. The van der Waals surface area contributed by atoms with Crippen molar-refractivity contribution in [3.8, 4) is 0 Å². The number of nitrogens with zero attached hydrogens (tertiary/aromatic N) is 2. The number of benzene rings is 2. The van der Waals surface area contributed by atoms with Crippen LogP contribution >= 0.6 is 0 Å². The second-order valence-electron chi connectivity index (χ2n) is 15.3. The van der Waals surface area contributed by atoms with Gasteiger partial charge in [0.15, 0.2) is 11.6 Å². The molecular weight excluding hydrogens is 695 g/mol. The molecule has 2 aromatic rings. The number of carbonyl (C=O) groups is 2. The summed E-state index contributed by atoms with van der Waals surface area (Å²) in [5.41, 5.74) is 19.4. The Morgan fingerprint density at radius 1 is 0.434 bits per heavy atom. The van der Waals surface area contributed by atoms with Crippen LogP contribution < -0.4 is 0 Å². The molecule has 5 heteroatoms. The van der Waals surface area contributed by atoms with Crippen LogP contribution in [0, 0.1) is 0 Å². The maximum absolute atomic E-state index is 13.1. The van der Waals surface area contributed by atoms with Crippen LogP contribution in [0.2, 0.25) is 0 Å². The van der Waals surface area contributed by atoms with E-state index in [0.717, 1.165) is 97.9 Å². The predicted octanol–water partition coefficient (Wildman–Crippen LogP) is 15.4. The molecule has 0 bridgehead atoms. The SMILES string of the molecule is CCCCCCCCCCCC(=O)c1ccc(C2=C(CCCC)C(CCCC)=C(c3ccc(C(=O)CCCCCCCCCCC)cc3)[N+]2=[N-])cc1.[Ni]. The Morgan fingerprint density at radius 3 is 1.02 bits per heavy atom. The molecule has 3 rings (SSSR count). The first kappa shape index (κ1) is 46.5. The van der Waals surface area contributed by atoms with Crippen molar-refractivity contribution in [3.63, 3.8) is 0 Å². The van der Waals surface area contributed by atoms with Crippen LogP contribution in [-0.2, 0) is 16.5 Å². The van der Waals surface area contributed by atoms with Gasteiger partial charge in [0.05, 0.1) is 0 Å². The zero-order chi connectivity index (χ0) is 37.4. The third-order valence-corrected chi connectivity index (χ3v) is 10.9. The van der Waals surface area contributed by atoms with Gasteiger partial charge < -0.3 is 5.53 Å². The van der Waals surface area contributed by atoms with Crippen molar-refractivity contribution in [1.82, 2.24) is 0 Å². The fourth-order valence-corrected chi connectivity index (χ4v) is 7.60. The topological polar surface area (TPSA) is 59.5 Å². The summed E-state index contributed by atoms with van der Waals surface area (Å²) in [4.78, 5) is 26.1. The number of hydrogen-bond acceptors (Lipinski definition) is 2. The van der Waals surface area contributed by atoms with Crippen LogP contribution in [0.25, 0.3) is 16.9 Å². The van der Waals surface area contributed by atoms with Gasteiger partial charge in [-0.15, -0.1) is 0 Å². The molecule has 1 heterocycles. The molecule has 0 atom stereocenters. The normalized spacial score (nSPS) is 12.9. The van der Waals surface area contributed by atoms with Crippen LogP contribution in [-0.4, -0.2) is 16.3 Å². The summed E-state index contributed by atoms with van der Waals surface area (Å²) in [5.74, 6) is 0.411. The summed E-state index contributed by atoms with van der Waals surface area (Å²) < 4.78 is 1.40. The Labute approximate surface area is 334 Å². The van der Waals surface area contributed by atoms with Crippen LogP contribution in [0.5, 0.6) is 0 Å². The standard InChI is InChI=1S/C48H72N2O2.Ni/c1-5-9-13-15-17-19-21-23-25-29-45(51)39-31-35-41(36-32-39)47-43(27-11-7-3)44(28-12-8-4)48(50(47)49)42-37-33-40(34-38-42)46(52)30-26-24-22-20-18-16-14-10-6-2;/h31-38H,5-30H2,1-4H3;. The van der Waals surface area contributed by atoms with Gasteiger partial charge in [-0.2, -0.15) is 0 Å². The van der Waals surface area contributed by atoms with Crippen molar-refractivity contribution >= 4 is 23.0 Å².